The number of piperazine rings is 1. The largest absolute Gasteiger partial charge is 0.352 e. The van der Waals surface area contributed by atoms with E-state index < -0.39 is 0 Å². The number of nitrogens with one attached hydrogen (secondary N) is 3. The van der Waals surface area contributed by atoms with Crippen LogP contribution in [0.3, 0.4) is 0 Å². The Bertz CT molecular complexity index is 340. The standard InChI is InChI=1S/C10H17N5/c1-2-12-7-9-8(1)10(14-13-9)15-5-3-11-4-6-15/h11-12H,1-7H2,(H,13,14). The highest BCUT2D eigenvalue weighted by molar-refractivity contribution is 5.50. The zero-order valence-electron chi connectivity index (χ0n) is 8.84. The lowest BCUT2D eigenvalue weighted by Crippen LogP contribution is -2.44. The number of aromatic amines is 1. The van der Waals surface area contributed by atoms with Gasteiger partial charge in [0.1, 0.15) is 0 Å². The van der Waals surface area contributed by atoms with E-state index in [-0.39, 0.29) is 0 Å². The lowest BCUT2D eigenvalue weighted by Gasteiger charge is -2.28. The molecule has 1 aromatic rings. The van der Waals surface area contributed by atoms with Gasteiger partial charge in [-0.25, -0.2) is 0 Å². The molecule has 0 bridgehead atoms. The van der Waals surface area contributed by atoms with Crippen LogP contribution in [-0.4, -0.2) is 42.9 Å². The summed E-state index contributed by atoms with van der Waals surface area (Å²) in [6.45, 7) is 6.30. The molecular weight excluding hydrogens is 190 g/mol. The summed E-state index contributed by atoms with van der Waals surface area (Å²) in [5.41, 5.74) is 2.70. The van der Waals surface area contributed by atoms with Crippen LogP contribution in [0.25, 0.3) is 0 Å². The van der Waals surface area contributed by atoms with Gasteiger partial charge in [0.25, 0.3) is 0 Å². The van der Waals surface area contributed by atoms with Gasteiger partial charge in [-0.1, -0.05) is 0 Å². The number of anilines is 1. The summed E-state index contributed by atoms with van der Waals surface area (Å²) in [5.74, 6) is 1.19. The van der Waals surface area contributed by atoms with Gasteiger partial charge >= 0.3 is 0 Å². The Labute approximate surface area is 89.2 Å². The van der Waals surface area contributed by atoms with Crippen LogP contribution >= 0.6 is 0 Å². The first-order valence-corrected chi connectivity index (χ1v) is 5.67. The molecule has 2 aliphatic heterocycles. The van der Waals surface area contributed by atoms with Gasteiger partial charge < -0.3 is 15.5 Å². The van der Waals surface area contributed by atoms with Crippen molar-refractivity contribution in [1.29, 1.82) is 0 Å². The van der Waals surface area contributed by atoms with Crippen molar-refractivity contribution >= 4 is 5.82 Å². The SMILES string of the molecule is C1CN(c2n[nH]c3c2CCNC3)CCN1. The van der Waals surface area contributed by atoms with Crippen molar-refractivity contribution in [3.05, 3.63) is 11.3 Å². The van der Waals surface area contributed by atoms with Crippen molar-refractivity contribution in [1.82, 2.24) is 20.8 Å². The lowest BCUT2D eigenvalue weighted by molar-refractivity contribution is 0.581. The topological polar surface area (TPSA) is 56.0 Å². The van der Waals surface area contributed by atoms with Gasteiger partial charge in [-0.15, -0.1) is 0 Å². The maximum atomic E-state index is 4.45. The summed E-state index contributed by atoms with van der Waals surface area (Å²) in [6, 6.07) is 0. The molecule has 0 aromatic carbocycles. The van der Waals surface area contributed by atoms with Gasteiger partial charge in [0.05, 0.1) is 5.69 Å². The predicted octanol–water partition coefficient (Wildman–Crippen LogP) is -0.535. The molecule has 1 saturated heterocycles. The Morgan fingerprint density at radius 2 is 1.93 bits per heavy atom. The van der Waals surface area contributed by atoms with E-state index in [1.54, 1.807) is 0 Å². The molecule has 5 heteroatoms. The lowest BCUT2D eigenvalue weighted by atomic mass is 10.1. The first-order chi connectivity index (χ1) is 7.45. The summed E-state index contributed by atoms with van der Waals surface area (Å²) in [5, 5.41) is 14.3. The predicted molar refractivity (Wildman–Crippen MR) is 59.1 cm³/mol. The Balaban J connectivity index is 1.87. The highest BCUT2D eigenvalue weighted by Gasteiger charge is 2.21. The second-order valence-corrected chi connectivity index (χ2v) is 4.17. The van der Waals surface area contributed by atoms with Gasteiger partial charge in [0.15, 0.2) is 5.82 Å². The van der Waals surface area contributed by atoms with Crippen LogP contribution in [0.2, 0.25) is 0 Å². The smallest absolute Gasteiger partial charge is 0.154 e. The third-order valence-corrected chi connectivity index (χ3v) is 3.20. The van der Waals surface area contributed by atoms with Crippen LogP contribution < -0.4 is 15.5 Å². The third kappa shape index (κ3) is 1.61. The molecule has 15 heavy (non-hydrogen) atoms. The summed E-state index contributed by atoms with van der Waals surface area (Å²) in [7, 11) is 0. The highest BCUT2D eigenvalue weighted by Crippen LogP contribution is 2.23. The molecule has 3 N–H and O–H groups in total. The van der Waals surface area contributed by atoms with Crippen LogP contribution in [0.4, 0.5) is 5.82 Å². The van der Waals surface area contributed by atoms with Crippen molar-refractivity contribution < 1.29 is 0 Å². The second kappa shape index (κ2) is 3.83. The number of rotatable bonds is 1. The van der Waals surface area contributed by atoms with Gasteiger partial charge in [-0.05, 0) is 13.0 Å². The summed E-state index contributed by atoms with van der Waals surface area (Å²) >= 11 is 0. The minimum Gasteiger partial charge on any atom is -0.352 e. The zero-order valence-corrected chi connectivity index (χ0v) is 8.84. The Morgan fingerprint density at radius 1 is 1.07 bits per heavy atom. The van der Waals surface area contributed by atoms with E-state index in [4.69, 9.17) is 0 Å². The molecule has 0 amide bonds. The summed E-state index contributed by atoms with van der Waals surface area (Å²) < 4.78 is 0. The quantitative estimate of drug-likeness (QED) is 0.579. The molecule has 3 rings (SSSR count). The van der Waals surface area contributed by atoms with Crippen LogP contribution in [0.5, 0.6) is 0 Å². The molecule has 3 heterocycles. The second-order valence-electron chi connectivity index (χ2n) is 4.17. The van der Waals surface area contributed by atoms with Crippen molar-refractivity contribution in [2.45, 2.75) is 13.0 Å². The van der Waals surface area contributed by atoms with Gasteiger partial charge in [-0.2, -0.15) is 5.10 Å². The van der Waals surface area contributed by atoms with Gasteiger partial charge in [-0.3, -0.25) is 5.10 Å². The van der Waals surface area contributed by atoms with Crippen LogP contribution in [0, 0.1) is 0 Å². The fourth-order valence-corrected chi connectivity index (χ4v) is 2.36. The van der Waals surface area contributed by atoms with Crippen LogP contribution in [0.1, 0.15) is 11.3 Å². The molecule has 0 radical (unpaired) electrons. The van der Waals surface area contributed by atoms with Crippen LogP contribution in [0.15, 0.2) is 0 Å². The number of H-pyrrole nitrogens is 1. The molecule has 0 saturated carbocycles. The van der Waals surface area contributed by atoms with Gasteiger partial charge in [0, 0.05) is 38.3 Å². The van der Waals surface area contributed by atoms with E-state index in [2.05, 4.69) is 25.7 Å². The van der Waals surface area contributed by atoms with Crippen molar-refractivity contribution in [2.24, 2.45) is 0 Å². The fraction of sp³-hybridized carbons (Fsp3) is 0.700. The van der Waals surface area contributed by atoms with E-state index in [1.165, 1.54) is 17.1 Å². The van der Waals surface area contributed by atoms with E-state index in [1.807, 2.05) is 0 Å². The van der Waals surface area contributed by atoms with E-state index in [0.717, 1.165) is 45.7 Å². The normalized spacial score (nSPS) is 21.5. The monoisotopic (exact) mass is 207 g/mol. The number of fused-ring (bicyclic) bond motifs is 1. The van der Waals surface area contributed by atoms with E-state index >= 15 is 0 Å². The fourth-order valence-electron chi connectivity index (χ4n) is 2.36. The number of nitrogens with zero attached hydrogens (tertiary/aromatic N) is 2. The van der Waals surface area contributed by atoms with E-state index in [0.29, 0.717) is 0 Å². The molecule has 0 unspecified atom stereocenters. The third-order valence-electron chi connectivity index (χ3n) is 3.20. The maximum absolute atomic E-state index is 4.45. The molecule has 2 aliphatic rings. The molecule has 82 valence electrons. The first kappa shape index (κ1) is 9.18. The van der Waals surface area contributed by atoms with E-state index in [9.17, 15) is 0 Å². The summed E-state index contributed by atoms with van der Waals surface area (Å²) in [6.07, 6.45) is 1.10. The van der Waals surface area contributed by atoms with Crippen molar-refractivity contribution in [3.63, 3.8) is 0 Å². The highest BCUT2D eigenvalue weighted by atomic mass is 15.3. The molecule has 0 spiro atoms. The Kier molecular flexibility index (Phi) is 2.34. The Morgan fingerprint density at radius 3 is 2.80 bits per heavy atom. The molecule has 5 nitrogen and oxygen atoms in total. The molecular formula is C10H17N5. The zero-order chi connectivity index (χ0) is 10.1. The molecule has 1 aromatic heterocycles. The van der Waals surface area contributed by atoms with Crippen molar-refractivity contribution in [2.75, 3.05) is 37.6 Å². The molecule has 1 fully saturated rings. The average Bonchev–Trinajstić information content (AvgIpc) is 2.74. The number of hydrogen-bond acceptors (Lipinski definition) is 4. The first-order valence-electron chi connectivity index (χ1n) is 5.67. The minimum atomic E-state index is 0.939. The van der Waals surface area contributed by atoms with Crippen molar-refractivity contribution in [3.8, 4) is 0 Å². The maximum Gasteiger partial charge on any atom is 0.154 e. The Hall–Kier alpha value is -1.07. The number of aromatic nitrogens is 2. The molecule has 0 atom stereocenters. The minimum absolute atomic E-state index is 0.939. The molecule has 0 aliphatic carbocycles. The van der Waals surface area contributed by atoms with Crippen LogP contribution in [-0.2, 0) is 13.0 Å². The summed E-state index contributed by atoms with van der Waals surface area (Å²) in [4.78, 5) is 2.39. The average molecular weight is 207 g/mol. The van der Waals surface area contributed by atoms with Gasteiger partial charge in [0.2, 0.25) is 0 Å². The number of hydrogen-bond donors (Lipinski definition) is 3.